The SMILES string of the molecule is COC(=O)CCCCCN1/C(=C/C=C2\CCCC(/C=C/C3=[N+](CCCCCC(=O)OC)c4ccc(C)cc4C3(C)C)=C2N2CCOCC2)C(C)(C)c2cc(S(=O)(=O)O)ccc21. The van der Waals surface area contributed by atoms with Crippen molar-refractivity contribution in [2.24, 2.45) is 0 Å². The number of ether oxygens (including phenoxy) is 3. The molecule has 61 heavy (non-hydrogen) atoms. The Balaban J connectivity index is 1.38. The van der Waals surface area contributed by atoms with E-state index in [0.29, 0.717) is 32.6 Å². The molecule has 1 saturated heterocycles. The Kier molecular flexibility index (Phi) is 14.8. The molecule has 0 spiro atoms. The van der Waals surface area contributed by atoms with Gasteiger partial charge in [0.2, 0.25) is 5.69 Å². The molecule has 0 unspecified atom stereocenters. The molecule has 1 fully saturated rings. The topological polar surface area (TPSA) is 126 Å². The van der Waals surface area contributed by atoms with Gasteiger partial charge in [0.1, 0.15) is 6.54 Å². The van der Waals surface area contributed by atoms with Gasteiger partial charge in [-0.2, -0.15) is 13.0 Å². The van der Waals surface area contributed by atoms with Gasteiger partial charge >= 0.3 is 11.9 Å². The molecule has 1 N–H and O–H groups in total. The number of fused-ring (bicyclic) bond motifs is 2. The van der Waals surface area contributed by atoms with Crippen molar-refractivity contribution in [3.63, 3.8) is 0 Å². The van der Waals surface area contributed by atoms with Crippen molar-refractivity contribution in [1.29, 1.82) is 0 Å². The van der Waals surface area contributed by atoms with Crippen molar-refractivity contribution in [1.82, 2.24) is 4.90 Å². The van der Waals surface area contributed by atoms with E-state index in [9.17, 15) is 22.6 Å². The van der Waals surface area contributed by atoms with Gasteiger partial charge in [-0.25, -0.2) is 0 Å². The van der Waals surface area contributed by atoms with Gasteiger partial charge < -0.3 is 24.0 Å². The van der Waals surface area contributed by atoms with Gasteiger partial charge in [-0.3, -0.25) is 14.1 Å². The summed E-state index contributed by atoms with van der Waals surface area (Å²) in [5, 5.41) is 0. The van der Waals surface area contributed by atoms with E-state index < -0.39 is 15.5 Å². The number of morpholine rings is 1. The Morgan fingerprint density at radius 1 is 0.836 bits per heavy atom. The van der Waals surface area contributed by atoms with Crippen molar-refractivity contribution in [3.05, 3.63) is 99.9 Å². The molecule has 1 aliphatic carbocycles. The molecule has 0 atom stereocenters. The van der Waals surface area contributed by atoms with Crippen LogP contribution in [0.3, 0.4) is 0 Å². The Morgan fingerprint density at radius 3 is 2.20 bits per heavy atom. The van der Waals surface area contributed by atoms with Crippen LogP contribution < -0.4 is 4.90 Å². The minimum atomic E-state index is -4.39. The van der Waals surface area contributed by atoms with E-state index in [0.717, 1.165) is 94.4 Å². The van der Waals surface area contributed by atoms with Crippen molar-refractivity contribution in [2.75, 3.05) is 58.5 Å². The molecule has 0 bridgehead atoms. The van der Waals surface area contributed by atoms with Crippen LogP contribution in [0.2, 0.25) is 0 Å². The van der Waals surface area contributed by atoms with E-state index in [1.165, 1.54) is 59.7 Å². The molecule has 330 valence electrons. The summed E-state index contributed by atoms with van der Waals surface area (Å²) in [6, 6.07) is 11.7. The van der Waals surface area contributed by atoms with Crippen LogP contribution in [0.15, 0.2) is 88.1 Å². The number of allylic oxidation sites excluding steroid dienone is 7. The first-order valence-electron chi connectivity index (χ1n) is 22.0. The highest BCUT2D eigenvalue weighted by Crippen LogP contribution is 2.49. The van der Waals surface area contributed by atoms with Crippen LogP contribution in [0, 0.1) is 6.92 Å². The molecule has 2 aromatic rings. The van der Waals surface area contributed by atoms with Gasteiger partial charge in [0.05, 0.1) is 37.7 Å². The minimum absolute atomic E-state index is 0.114. The molecule has 0 radical (unpaired) electrons. The van der Waals surface area contributed by atoms with Crippen LogP contribution >= 0.6 is 0 Å². The van der Waals surface area contributed by atoms with Crippen LogP contribution in [0.25, 0.3) is 0 Å². The first-order chi connectivity index (χ1) is 29.1. The third kappa shape index (κ3) is 10.4. The standard InChI is InChI=1S/C49H65N3O8S/c1-35-19-23-41-39(33-35)48(2,3)43(51(41)27-12-8-10-17-45(53)58-6)25-20-36-15-14-16-37(47(36)50-29-31-60-32-30-50)21-26-44-49(4,5)40-34-38(61(55,56)57)22-24-42(40)52(44)28-13-9-11-18-46(54)59-7/h19-26,33-34H,8-18,27-32H2,1-7H3/p+1. The highest BCUT2D eigenvalue weighted by atomic mass is 32.2. The van der Waals surface area contributed by atoms with E-state index in [-0.39, 0.29) is 22.2 Å². The number of benzene rings is 2. The number of hydrogen-bond acceptors (Lipinski definition) is 9. The summed E-state index contributed by atoms with van der Waals surface area (Å²) in [4.78, 5) is 28.2. The number of methoxy groups -OCH3 is 2. The predicted octanol–water partition coefficient (Wildman–Crippen LogP) is 9.02. The summed E-state index contributed by atoms with van der Waals surface area (Å²) < 4.78 is 52.6. The van der Waals surface area contributed by atoms with E-state index >= 15 is 0 Å². The maximum Gasteiger partial charge on any atom is 0.305 e. The molecule has 3 aliphatic heterocycles. The summed E-state index contributed by atoms with van der Waals surface area (Å²) in [5.74, 6) is -0.372. The number of hydrogen-bond donors (Lipinski definition) is 1. The second-order valence-corrected chi connectivity index (χ2v) is 19.2. The second-order valence-electron chi connectivity index (χ2n) is 17.8. The van der Waals surface area contributed by atoms with Gasteiger partial charge in [0.15, 0.2) is 5.71 Å². The number of esters is 2. The van der Waals surface area contributed by atoms with Gasteiger partial charge in [0, 0.05) is 79.1 Å². The summed E-state index contributed by atoms with van der Waals surface area (Å²) in [6.45, 7) is 15.5. The zero-order valence-electron chi connectivity index (χ0n) is 37.3. The Morgan fingerprint density at radius 2 is 1.52 bits per heavy atom. The smallest absolute Gasteiger partial charge is 0.305 e. The van der Waals surface area contributed by atoms with Crippen LogP contribution in [0.1, 0.15) is 115 Å². The molecule has 0 amide bonds. The van der Waals surface area contributed by atoms with Crippen molar-refractivity contribution < 1.29 is 41.3 Å². The molecule has 11 nitrogen and oxygen atoms in total. The minimum Gasteiger partial charge on any atom is -0.469 e. The van der Waals surface area contributed by atoms with Gasteiger partial charge in [-0.1, -0.05) is 44.1 Å². The lowest BCUT2D eigenvalue weighted by molar-refractivity contribution is -0.438. The molecule has 12 heteroatoms. The fourth-order valence-electron chi connectivity index (χ4n) is 9.51. The molecule has 0 aromatic heterocycles. The molecule has 0 saturated carbocycles. The predicted molar refractivity (Wildman–Crippen MR) is 240 cm³/mol. The van der Waals surface area contributed by atoms with Crippen molar-refractivity contribution in [3.8, 4) is 0 Å². The lowest BCUT2D eigenvalue weighted by Crippen LogP contribution is -2.37. The van der Waals surface area contributed by atoms with Crippen LogP contribution in [0.4, 0.5) is 11.4 Å². The fraction of sp³-hybridized carbons (Fsp3) is 0.531. The highest BCUT2D eigenvalue weighted by molar-refractivity contribution is 7.85. The quantitative estimate of drug-likeness (QED) is 0.0713. The first kappa shape index (κ1) is 46.0. The number of rotatable bonds is 17. The summed E-state index contributed by atoms with van der Waals surface area (Å²) in [7, 11) is -1.54. The normalized spacial score (nSPS) is 19.9. The van der Waals surface area contributed by atoms with Gasteiger partial charge in [0.25, 0.3) is 10.1 Å². The van der Waals surface area contributed by atoms with Crippen LogP contribution in [0.5, 0.6) is 0 Å². The third-order valence-electron chi connectivity index (χ3n) is 12.9. The maximum absolute atomic E-state index is 12.3. The average molecular weight is 857 g/mol. The molecule has 4 aliphatic rings. The fourth-order valence-corrected chi connectivity index (χ4v) is 10.0. The Bertz CT molecular complexity index is 2240. The zero-order valence-corrected chi connectivity index (χ0v) is 38.2. The average Bonchev–Trinajstić information content (AvgIpc) is 3.58. The molecular weight excluding hydrogens is 791 g/mol. The van der Waals surface area contributed by atoms with Gasteiger partial charge in [-0.05, 0) is 113 Å². The number of unbranched alkanes of at least 4 members (excludes halogenated alkanes) is 4. The van der Waals surface area contributed by atoms with Crippen molar-refractivity contribution >= 4 is 39.1 Å². The van der Waals surface area contributed by atoms with Crippen LogP contribution in [-0.2, 0) is 44.7 Å². The molecule has 6 rings (SSSR count). The number of carbonyl (C=O) groups is 2. The number of aryl methyl sites for hydroxylation is 1. The Labute approximate surface area is 363 Å². The van der Waals surface area contributed by atoms with E-state index in [1.807, 2.05) is 0 Å². The third-order valence-corrected chi connectivity index (χ3v) is 13.8. The number of carbonyl (C=O) groups excluding carboxylic acids is 2. The Hall–Kier alpha value is -4.52. The lowest BCUT2D eigenvalue weighted by Gasteiger charge is -2.36. The number of anilines is 1. The molecule has 2 aromatic carbocycles. The molecule has 3 heterocycles. The first-order valence-corrected chi connectivity index (χ1v) is 23.5. The molecular formula is C49H66N3O8S+. The van der Waals surface area contributed by atoms with E-state index in [4.69, 9.17) is 14.2 Å². The zero-order chi connectivity index (χ0) is 44.0. The maximum atomic E-state index is 12.3. The second kappa shape index (κ2) is 19.7. The largest absolute Gasteiger partial charge is 0.469 e. The van der Waals surface area contributed by atoms with Crippen LogP contribution in [-0.4, -0.2) is 93.7 Å². The van der Waals surface area contributed by atoms with Gasteiger partial charge in [-0.15, -0.1) is 0 Å². The van der Waals surface area contributed by atoms with E-state index in [2.05, 4.69) is 91.5 Å². The summed E-state index contributed by atoms with van der Waals surface area (Å²) in [6.07, 6.45) is 18.0. The lowest BCUT2D eigenvalue weighted by atomic mass is 9.80. The summed E-state index contributed by atoms with van der Waals surface area (Å²) >= 11 is 0. The van der Waals surface area contributed by atoms with Crippen molar-refractivity contribution in [2.45, 2.75) is 121 Å². The van der Waals surface area contributed by atoms with E-state index in [1.54, 1.807) is 12.1 Å². The highest BCUT2D eigenvalue weighted by Gasteiger charge is 2.44. The monoisotopic (exact) mass is 856 g/mol. The number of nitrogens with zero attached hydrogens (tertiary/aromatic N) is 3. The summed E-state index contributed by atoms with van der Waals surface area (Å²) in [5.41, 5.74) is 11.0.